The second-order valence-electron chi connectivity index (χ2n) is 4.94. The van der Waals surface area contributed by atoms with E-state index in [4.69, 9.17) is 4.74 Å². The predicted molar refractivity (Wildman–Crippen MR) is 88.5 cm³/mol. The number of benzene rings is 1. The highest BCUT2D eigenvalue weighted by Gasteiger charge is 2.12. The first-order valence-corrected chi connectivity index (χ1v) is 7.81. The molecule has 1 N–H and O–H groups in total. The van der Waals surface area contributed by atoms with Crippen molar-refractivity contribution >= 4 is 28.1 Å². The van der Waals surface area contributed by atoms with E-state index in [-0.39, 0.29) is 5.91 Å². The Morgan fingerprint density at radius 3 is 2.91 bits per heavy atom. The average Bonchev–Trinajstić information content (AvgIpc) is 3.04. The number of amides is 1. The maximum atomic E-state index is 12.4. The summed E-state index contributed by atoms with van der Waals surface area (Å²) in [4.78, 5) is 18.0. The molecule has 3 rings (SSSR count). The van der Waals surface area contributed by atoms with Crippen molar-refractivity contribution in [3.63, 3.8) is 0 Å². The number of thiophene rings is 1. The Morgan fingerprint density at radius 2 is 2.18 bits per heavy atom. The molecule has 0 aliphatic heterocycles. The van der Waals surface area contributed by atoms with E-state index in [2.05, 4.69) is 10.3 Å². The van der Waals surface area contributed by atoms with Gasteiger partial charge in [0.1, 0.15) is 5.75 Å². The fourth-order valence-electron chi connectivity index (χ4n) is 2.28. The fourth-order valence-corrected chi connectivity index (χ4v) is 2.92. The number of rotatable bonds is 4. The molecule has 0 aliphatic carbocycles. The standard InChI is InChI=1S/C17H16N2O2S/c1-11-15(17(20)18-10-14-4-3-7-22-14)8-12-5-6-13(21-2)9-16(12)19-11/h3-9H,10H2,1-2H3,(H,18,20). The molecular formula is C17H16N2O2S. The molecule has 0 saturated heterocycles. The third-order valence-electron chi connectivity index (χ3n) is 3.46. The van der Waals surface area contributed by atoms with Gasteiger partial charge in [-0.2, -0.15) is 0 Å². The van der Waals surface area contributed by atoms with Crippen molar-refractivity contribution in [2.75, 3.05) is 7.11 Å². The summed E-state index contributed by atoms with van der Waals surface area (Å²) in [7, 11) is 1.63. The summed E-state index contributed by atoms with van der Waals surface area (Å²) in [6.45, 7) is 2.38. The highest BCUT2D eigenvalue weighted by molar-refractivity contribution is 7.09. The molecule has 0 unspecified atom stereocenters. The molecular weight excluding hydrogens is 296 g/mol. The third-order valence-corrected chi connectivity index (χ3v) is 4.34. The van der Waals surface area contributed by atoms with Gasteiger partial charge in [0.25, 0.3) is 5.91 Å². The number of pyridine rings is 1. The summed E-state index contributed by atoms with van der Waals surface area (Å²) in [6.07, 6.45) is 0. The molecule has 5 heteroatoms. The van der Waals surface area contributed by atoms with Crippen LogP contribution in [0.2, 0.25) is 0 Å². The largest absolute Gasteiger partial charge is 0.497 e. The van der Waals surface area contributed by atoms with Gasteiger partial charge in [0.2, 0.25) is 0 Å². The van der Waals surface area contributed by atoms with Gasteiger partial charge in [-0.15, -0.1) is 11.3 Å². The van der Waals surface area contributed by atoms with Gasteiger partial charge >= 0.3 is 0 Å². The SMILES string of the molecule is COc1ccc2cc(C(=O)NCc3cccs3)c(C)nc2c1. The van der Waals surface area contributed by atoms with Gasteiger partial charge < -0.3 is 10.1 Å². The molecule has 0 fully saturated rings. The van der Waals surface area contributed by atoms with Crippen LogP contribution in [0.4, 0.5) is 0 Å². The van der Waals surface area contributed by atoms with E-state index in [1.165, 1.54) is 0 Å². The van der Waals surface area contributed by atoms with Crippen molar-refractivity contribution in [2.24, 2.45) is 0 Å². The molecule has 112 valence electrons. The highest BCUT2D eigenvalue weighted by Crippen LogP contribution is 2.21. The van der Waals surface area contributed by atoms with Gasteiger partial charge in [0.15, 0.2) is 0 Å². The number of ether oxygens (including phenoxy) is 1. The molecule has 22 heavy (non-hydrogen) atoms. The lowest BCUT2D eigenvalue weighted by Gasteiger charge is -2.09. The molecule has 4 nitrogen and oxygen atoms in total. The first-order valence-electron chi connectivity index (χ1n) is 6.93. The van der Waals surface area contributed by atoms with Crippen LogP contribution in [-0.4, -0.2) is 18.0 Å². The zero-order chi connectivity index (χ0) is 15.5. The maximum absolute atomic E-state index is 12.4. The lowest BCUT2D eigenvalue weighted by molar-refractivity contribution is 0.0950. The quantitative estimate of drug-likeness (QED) is 0.801. The Labute approximate surface area is 132 Å². The molecule has 2 aromatic heterocycles. The normalized spacial score (nSPS) is 10.6. The number of hydrogen-bond acceptors (Lipinski definition) is 4. The number of carbonyl (C=O) groups excluding carboxylic acids is 1. The number of carbonyl (C=O) groups is 1. The van der Waals surface area contributed by atoms with Crippen molar-refractivity contribution in [3.05, 3.63) is 57.9 Å². The predicted octanol–water partition coefficient (Wildman–Crippen LogP) is 3.54. The fraction of sp³-hybridized carbons (Fsp3) is 0.176. The van der Waals surface area contributed by atoms with E-state index in [0.717, 1.165) is 21.5 Å². The van der Waals surface area contributed by atoms with Crippen molar-refractivity contribution in [3.8, 4) is 5.75 Å². The van der Waals surface area contributed by atoms with Gasteiger partial charge in [0.05, 0.1) is 30.4 Å². The van der Waals surface area contributed by atoms with E-state index in [0.29, 0.717) is 17.8 Å². The summed E-state index contributed by atoms with van der Waals surface area (Å²) >= 11 is 1.63. The zero-order valence-corrected chi connectivity index (χ0v) is 13.2. The van der Waals surface area contributed by atoms with Gasteiger partial charge in [-0.25, -0.2) is 0 Å². The second-order valence-corrected chi connectivity index (χ2v) is 5.97. The number of aromatic nitrogens is 1. The van der Waals surface area contributed by atoms with Crippen molar-refractivity contribution in [1.82, 2.24) is 10.3 Å². The van der Waals surface area contributed by atoms with Gasteiger partial charge in [-0.1, -0.05) is 6.07 Å². The van der Waals surface area contributed by atoms with Crippen LogP contribution in [-0.2, 0) is 6.54 Å². The number of nitrogens with zero attached hydrogens (tertiary/aromatic N) is 1. The van der Waals surface area contributed by atoms with Crippen molar-refractivity contribution in [1.29, 1.82) is 0 Å². The summed E-state index contributed by atoms with van der Waals surface area (Å²) < 4.78 is 5.20. The number of nitrogens with one attached hydrogen (secondary N) is 1. The third kappa shape index (κ3) is 2.94. The molecule has 2 heterocycles. The second kappa shape index (κ2) is 6.15. The molecule has 0 radical (unpaired) electrons. The van der Waals surface area contributed by atoms with E-state index < -0.39 is 0 Å². The summed E-state index contributed by atoms with van der Waals surface area (Å²) in [5.41, 5.74) is 2.14. The minimum absolute atomic E-state index is 0.101. The highest BCUT2D eigenvalue weighted by atomic mass is 32.1. The Morgan fingerprint density at radius 1 is 1.32 bits per heavy atom. The van der Waals surface area contributed by atoms with E-state index in [1.807, 2.05) is 48.7 Å². The Kier molecular flexibility index (Phi) is 4.06. The molecule has 0 bridgehead atoms. The maximum Gasteiger partial charge on any atom is 0.253 e. The molecule has 1 aromatic carbocycles. The molecule has 3 aromatic rings. The van der Waals surface area contributed by atoms with Crippen LogP contribution < -0.4 is 10.1 Å². The summed E-state index contributed by atoms with van der Waals surface area (Å²) in [6, 6.07) is 11.5. The Bertz CT molecular complexity index is 813. The van der Waals surface area contributed by atoms with Crippen LogP contribution in [0.15, 0.2) is 41.8 Å². The lowest BCUT2D eigenvalue weighted by Crippen LogP contribution is -2.23. The van der Waals surface area contributed by atoms with Crippen LogP contribution in [0, 0.1) is 6.92 Å². The number of methoxy groups -OCH3 is 1. The van der Waals surface area contributed by atoms with Gasteiger partial charge in [-0.3, -0.25) is 9.78 Å². The van der Waals surface area contributed by atoms with Crippen LogP contribution in [0.25, 0.3) is 10.9 Å². The summed E-state index contributed by atoms with van der Waals surface area (Å²) in [5, 5.41) is 5.86. The van der Waals surface area contributed by atoms with Crippen LogP contribution >= 0.6 is 11.3 Å². The van der Waals surface area contributed by atoms with Gasteiger partial charge in [0, 0.05) is 16.3 Å². The average molecular weight is 312 g/mol. The van der Waals surface area contributed by atoms with E-state index in [9.17, 15) is 4.79 Å². The minimum atomic E-state index is -0.101. The number of hydrogen-bond donors (Lipinski definition) is 1. The van der Waals surface area contributed by atoms with Crippen molar-refractivity contribution < 1.29 is 9.53 Å². The van der Waals surface area contributed by atoms with Crippen LogP contribution in [0.5, 0.6) is 5.75 Å². The minimum Gasteiger partial charge on any atom is -0.497 e. The molecule has 0 spiro atoms. The monoisotopic (exact) mass is 312 g/mol. The topological polar surface area (TPSA) is 51.2 Å². The van der Waals surface area contributed by atoms with E-state index >= 15 is 0 Å². The molecule has 0 aliphatic rings. The smallest absolute Gasteiger partial charge is 0.253 e. The Hall–Kier alpha value is -2.40. The lowest BCUT2D eigenvalue weighted by atomic mass is 10.1. The van der Waals surface area contributed by atoms with E-state index in [1.54, 1.807) is 18.4 Å². The Balaban J connectivity index is 1.86. The van der Waals surface area contributed by atoms with Crippen LogP contribution in [0.1, 0.15) is 20.9 Å². The summed E-state index contributed by atoms with van der Waals surface area (Å²) in [5.74, 6) is 0.658. The van der Waals surface area contributed by atoms with Gasteiger partial charge in [-0.05, 0) is 36.6 Å². The first kappa shape index (κ1) is 14.5. The first-order chi connectivity index (χ1) is 10.7. The van der Waals surface area contributed by atoms with Crippen LogP contribution in [0.3, 0.4) is 0 Å². The zero-order valence-electron chi connectivity index (χ0n) is 12.4. The van der Waals surface area contributed by atoms with Crippen molar-refractivity contribution in [2.45, 2.75) is 13.5 Å². The molecule has 0 atom stereocenters. The number of fused-ring (bicyclic) bond motifs is 1. The molecule has 1 amide bonds. The molecule has 0 saturated carbocycles. The number of aryl methyl sites for hydroxylation is 1.